The molecule has 1 aliphatic rings. The Hall–Kier alpha value is -1.85. The molecular formula is C14H22N4O2. The van der Waals surface area contributed by atoms with Crippen molar-refractivity contribution in [1.82, 2.24) is 20.0 Å². The fourth-order valence-corrected chi connectivity index (χ4v) is 2.36. The summed E-state index contributed by atoms with van der Waals surface area (Å²) in [7, 11) is 0. The largest absolute Gasteiger partial charge is 0.345 e. The molecule has 0 aromatic carbocycles. The monoisotopic (exact) mass is 278 g/mol. The van der Waals surface area contributed by atoms with Crippen molar-refractivity contribution in [3.05, 3.63) is 18.0 Å². The Balaban J connectivity index is 2.23. The van der Waals surface area contributed by atoms with Crippen molar-refractivity contribution in [2.45, 2.75) is 52.2 Å². The van der Waals surface area contributed by atoms with Crippen LogP contribution < -0.4 is 5.32 Å². The molecule has 1 N–H and O–H groups in total. The number of rotatable bonds is 4. The van der Waals surface area contributed by atoms with Gasteiger partial charge in [-0.15, -0.1) is 0 Å². The van der Waals surface area contributed by atoms with E-state index in [2.05, 4.69) is 10.4 Å². The predicted octanol–water partition coefficient (Wildman–Crippen LogP) is 1.09. The maximum absolute atomic E-state index is 12.1. The van der Waals surface area contributed by atoms with Gasteiger partial charge in [-0.2, -0.15) is 5.10 Å². The molecule has 6 nitrogen and oxygen atoms in total. The van der Waals surface area contributed by atoms with Crippen molar-refractivity contribution < 1.29 is 9.59 Å². The molecular weight excluding hydrogens is 256 g/mol. The van der Waals surface area contributed by atoms with Gasteiger partial charge in [-0.05, 0) is 33.3 Å². The zero-order valence-electron chi connectivity index (χ0n) is 12.5. The molecule has 0 aliphatic carbocycles. The Bertz CT molecular complexity index is 523. The maximum Gasteiger partial charge on any atom is 0.246 e. The molecule has 1 aromatic rings. The third-order valence-electron chi connectivity index (χ3n) is 3.99. The summed E-state index contributed by atoms with van der Waals surface area (Å²) in [6.45, 7) is 8.26. The molecule has 1 aromatic heterocycles. The van der Waals surface area contributed by atoms with Crippen LogP contribution in [0, 0.1) is 0 Å². The van der Waals surface area contributed by atoms with Crippen LogP contribution in [-0.2, 0) is 16.1 Å². The Kier molecular flexibility index (Phi) is 3.83. The van der Waals surface area contributed by atoms with Crippen LogP contribution in [0.2, 0.25) is 0 Å². The normalized spacial score (nSPS) is 23.4. The summed E-state index contributed by atoms with van der Waals surface area (Å²) >= 11 is 0. The van der Waals surface area contributed by atoms with E-state index in [0.717, 1.165) is 5.69 Å². The molecule has 1 unspecified atom stereocenters. The number of aromatic nitrogens is 2. The molecule has 0 saturated carbocycles. The third-order valence-corrected chi connectivity index (χ3v) is 3.99. The van der Waals surface area contributed by atoms with Gasteiger partial charge < -0.3 is 10.2 Å². The van der Waals surface area contributed by atoms with Gasteiger partial charge >= 0.3 is 0 Å². The van der Waals surface area contributed by atoms with Crippen molar-refractivity contribution in [3.63, 3.8) is 0 Å². The van der Waals surface area contributed by atoms with E-state index in [-0.39, 0.29) is 24.4 Å². The van der Waals surface area contributed by atoms with E-state index in [1.165, 1.54) is 0 Å². The van der Waals surface area contributed by atoms with E-state index in [9.17, 15) is 9.59 Å². The Morgan fingerprint density at radius 1 is 1.45 bits per heavy atom. The first-order chi connectivity index (χ1) is 9.38. The molecule has 2 amide bonds. The van der Waals surface area contributed by atoms with Gasteiger partial charge in [0.2, 0.25) is 11.8 Å². The van der Waals surface area contributed by atoms with Crippen LogP contribution in [0.5, 0.6) is 0 Å². The number of amides is 2. The highest BCUT2D eigenvalue weighted by atomic mass is 16.2. The van der Waals surface area contributed by atoms with Gasteiger partial charge in [-0.1, -0.05) is 6.92 Å². The zero-order valence-corrected chi connectivity index (χ0v) is 12.5. The average molecular weight is 278 g/mol. The lowest BCUT2D eigenvalue weighted by Crippen LogP contribution is -2.65. The van der Waals surface area contributed by atoms with Crippen LogP contribution in [0.3, 0.4) is 0 Å². The van der Waals surface area contributed by atoms with Crippen LogP contribution in [-0.4, -0.2) is 38.6 Å². The van der Waals surface area contributed by atoms with E-state index < -0.39 is 5.54 Å². The summed E-state index contributed by atoms with van der Waals surface area (Å²) in [6.07, 6.45) is 2.48. The molecule has 1 saturated heterocycles. The second-order valence-electron chi connectivity index (χ2n) is 5.67. The van der Waals surface area contributed by atoms with Gasteiger partial charge in [-0.3, -0.25) is 14.3 Å². The lowest BCUT2D eigenvalue weighted by atomic mass is 9.92. The second-order valence-corrected chi connectivity index (χ2v) is 5.67. The SMILES string of the molecule is CCC1(C)C(=O)NCC(=O)N1Cc1ccn(C(C)C)n1. The predicted molar refractivity (Wildman–Crippen MR) is 74.9 cm³/mol. The standard InChI is InChI=1S/C14H22N4O2/c1-5-14(4)13(20)15-8-12(19)17(14)9-11-6-7-18(16-11)10(2)3/h6-7,10H,5,8-9H2,1-4H3,(H,15,20). The minimum atomic E-state index is -0.795. The highest BCUT2D eigenvalue weighted by molar-refractivity contribution is 5.97. The first-order valence-electron chi connectivity index (χ1n) is 7.01. The average Bonchev–Trinajstić information content (AvgIpc) is 2.88. The molecule has 1 atom stereocenters. The highest BCUT2D eigenvalue weighted by Gasteiger charge is 2.44. The summed E-state index contributed by atoms with van der Waals surface area (Å²) in [5.41, 5.74) is 0.0122. The van der Waals surface area contributed by atoms with E-state index in [1.807, 2.05) is 37.7 Å². The van der Waals surface area contributed by atoms with Crippen LogP contribution in [0.1, 0.15) is 45.9 Å². The second kappa shape index (κ2) is 5.26. The van der Waals surface area contributed by atoms with E-state index in [0.29, 0.717) is 13.0 Å². The van der Waals surface area contributed by atoms with Gasteiger partial charge in [0.05, 0.1) is 18.8 Å². The van der Waals surface area contributed by atoms with Crippen molar-refractivity contribution in [1.29, 1.82) is 0 Å². The lowest BCUT2D eigenvalue weighted by Gasteiger charge is -2.42. The highest BCUT2D eigenvalue weighted by Crippen LogP contribution is 2.25. The first-order valence-corrected chi connectivity index (χ1v) is 7.01. The third kappa shape index (κ3) is 2.42. The van der Waals surface area contributed by atoms with Crippen molar-refractivity contribution in [2.75, 3.05) is 6.54 Å². The fraction of sp³-hybridized carbons (Fsp3) is 0.643. The topological polar surface area (TPSA) is 67.2 Å². The van der Waals surface area contributed by atoms with Crippen LogP contribution in [0.25, 0.3) is 0 Å². The van der Waals surface area contributed by atoms with Crippen LogP contribution in [0.15, 0.2) is 12.3 Å². The molecule has 6 heteroatoms. The maximum atomic E-state index is 12.1. The van der Waals surface area contributed by atoms with Gasteiger partial charge in [-0.25, -0.2) is 0 Å². The number of hydrogen-bond donors (Lipinski definition) is 1. The van der Waals surface area contributed by atoms with Crippen molar-refractivity contribution >= 4 is 11.8 Å². The fourth-order valence-electron chi connectivity index (χ4n) is 2.36. The molecule has 2 rings (SSSR count). The number of nitrogens with one attached hydrogen (secondary N) is 1. The summed E-state index contributed by atoms with van der Waals surface area (Å²) in [4.78, 5) is 25.8. The summed E-state index contributed by atoms with van der Waals surface area (Å²) in [5.74, 6) is -0.157. The molecule has 1 fully saturated rings. The number of carbonyl (C=O) groups excluding carboxylic acids is 2. The molecule has 1 aliphatic heterocycles. The summed E-state index contributed by atoms with van der Waals surface area (Å²) in [6, 6.07) is 2.18. The summed E-state index contributed by atoms with van der Waals surface area (Å²) < 4.78 is 1.85. The molecule has 110 valence electrons. The van der Waals surface area contributed by atoms with Crippen LogP contribution in [0.4, 0.5) is 0 Å². The Morgan fingerprint density at radius 2 is 2.15 bits per heavy atom. The number of carbonyl (C=O) groups is 2. The first kappa shape index (κ1) is 14.6. The minimum absolute atomic E-state index is 0.0620. The van der Waals surface area contributed by atoms with Crippen molar-refractivity contribution in [2.24, 2.45) is 0 Å². The van der Waals surface area contributed by atoms with Gasteiger partial charge in [0.1, 0.15) is 5.54 Å². The quantitative estimate of drug-likeness (QED) is 0.896. The van der Waals surface area contributed by atoms with Gasteiger partial charge in [0.15, 0.2) is 0 Å². The molecule has 0 radical (unpaired) electrons. The Labute approximate surface area is 119 Å². The number of hydrogen-bond acceptors (Lipinski definition) is 3. The van der Waals surface area contributed by atoms with Crippen molar-refractivity contribution in [3.8, 4) is 0 Å². The molecule has 2 heterocycles. The summed E-state index contributed by atoms with van der Waals surface area (Å²) in [5, 5.41) is 7.11. The molecule has 0 bridgehead atoms. The van der Waals surface area contributed by atoms with E-state index in [4.69, 9.17) is 0 Å². The minimum Gasteiger partial charge on any atom is -0.345 e. The van der Waals surface area contributed by atoms with E-state index in [1.54, 1.807) is 11.8 Å². The Morgan fingerprint density at radius 3 is 2.70 bits per heavy atom. The van der Waals surface area contributed by atoms with Gasteiger partial charge in [0.25, 0.3) is 0 Å². The number of piperazine rings is 1. The zero-order chi connectivity index (χ0) is 14.9. The number of nitrogens with zero attached hydrogens (tertiary/aromatic N) is 3. The smallest absolute Gasteiger partial charge is 0.246 e. The lowest BCUT2D eigenvalue weighted by molar-refractivity contribution is -0.153. The molecule has 0 spiro atoms. The van der Waals surface area contributed by atoms with Gasteiger partial charge in [0, 0.05) is 12.2 Å². The van der Waals surface area contributed by atoms with Crippen LogP contribution >= 0.6 is 0 Å². The molecule has 20 heavy (non-hydrogen) atoms. The van der Waals surface area contributed by atoms with E-state index >= 15 is 0 Å².